The van der Waals surface area contributed by atoms with Crippen LogP contribution in [0, 0.1) is 0 Å². The molecule has 1 atom stereocenters. The molecule has 0 saturated heterocycles. The van der Waals surface area contributed by atoms with E-state index < -0.39 is 36.3 Å². The molecule has 7 heteroatoms. The Morgan fingerprint density at radius 2 is 1.70 bits per heavy atom. The van der Waals surface area contributed by atoms with Crippen molar-refractivity contribution < 1.29 is 23.9 Å². The van der Waals surface area contributed by atoms with Gasteiger partial charge >= 0.3 is 5.97 Å². The van der Waals surface area contributed by atoms with Crippen LogP contribution in [0.25, 0.3) is 0 Å². The molecule has 0 radical (unpaired) electrons. The Bertz CT molecular complexity index is 981. The van der Waals surface area contributed by atoms with Crippen LogP contribution < -0.4 is 5.32 Å². The van der Waals surface area contributed by atoms with Crippen molar-refractivity contribution in [3.8, 4) is 0 Å². The number of anilines is 1. The third-order valence-electron chi connectivity index (χ3n) is 4.95. The summed E-state index contributed by atoms with van der Waals surface area (Å²) in [6.07, 6.45) is -1.04. The van der Waals surface area contributed by atoms with Crippen LogP contribution in [0.4, 0.5) is 5.69 Å². The van der Waals surface area contributed by atoms with Gasteiger partial charge in [-0.1, -0.05) is 44.2 Å². The number of esters is 1. The van der Waals surface area contributed by atoms with E-state index in [1.807, 2.05) is 12.1 Å². The van der Waals surface area contributed by atoms with Crippen LogP contribution >= 0.6 is 0 Å². The average molecular weight is 408 g/mol. The van der Waals surface area contributed by atoms with Crippen molar-refractivity contribution in [2.45, 2.75) is 39.2 Å². The monoisotopic (exact) mass is 408 g/mol. The second-order valence-corrected chi connectivity index (χ2v) is 7.52. The van der Waals surface area contributed by atoms with Crippen LogP contribution in [0.1, 0.15) is 48.2 Å². The number of carbonyl (C=O) groups excluding carboxylic acids is 4. The summed E-state index contributed by atoms with van der Waals surface area (Å²) < 4.78 is 5.14. The second kappa shape index (κ2) is 8.90. The van der Waals surface area contributed by atoms with Crippen LogP contribution in [0.5, 0.6) is 0 Å². The number of amides is 3. The number of hydrogen-bond acceptors (Lipinski definition) is 5. The van der Waals surface area contributed by atoms with Gasteiger partial charge in [-0.2, -0.15) is 0 Å². The molecule has 1 heterocycles. The summed E-state index contributed by atoms with van der Waals surface area (Å²) in [4.78, 5) is 50.2. The zero-order valence-corrected chi connectivity index (χ0v) is 17.2. The number of rotatable bonds is 6. The third kappa shape index (κ3) is 4.74. The molecule has 156 valence electrons. The van der Waals surface area contributed by atoms with Crippen LogP contribution in [0.3, 0.4) is 0 Å². The lowest BCUT2D eigenvalue weighted by atomic mass is 9.98. The molecule has 30 heavy (non-hydrogen) atoms. The lowest BCUT2D eigenvalue weighted by Gasteiger charge is -2.26. The van der Waals surface area contributed by atoms with Gasteiger partial charge in [0.15, 0.2) is 6.10 Å². The minimum absolute atomic E-state index is 0.0393. The lowest BCUT2D eigenvalue weighted by molar-refractivity contribution is -0.155. The van der Waals surface area contributed by atoms with Crippen molar-refractivity contribution >= 4 is 29.4 Å². The van der Waals surface area contributed by atoms with E-state index >= 15 is 0 Å². The highest BCUT2D eigenvalue weighted by Gasteiger charge is 2.33. The summed E-state index contributed by atoms with van der Waals surface area (Å²) in [5.41, 5.74) is 2.75. The molecule has 1 aliphatic rings. The lowest BCUT2D eigenvalue weighted by Crippen LogP contribution is -2.46. The predicted octanol–water partition coefficient (Wildman–Crippen LogP) is 2.91. The number of nitrogens with zero attached hydrogens (tertiary/aromatic N) is 1. The van der Waals surface area contributed by atoms with Gasteiger partial charge in [0.05, 0.1) is 6.42 Å². The number of hydrogen-bond donors (Lipinski definition) is 1. The molecule has 3 rings (SSSR count). The molecular formula is C23H24N2O5. The molecular weight excluding hydrogens is 384 g/mol. The van der Waals surface area contributed by atoms with Crippen molar-refractivity contribution in [1.29, 1.82) is 0 Å². The van der Waals surface area contributed by atoms with E-state index in [0.29, 0.717) is 22.7 Å². The van der Waals surface area contributed by atoms with E-state index in [2.05, 4.69) is 19.2 Å². The quantitative estimate of drug-likeness (QED) is 0.586. The molecule has 1 aliphatic heterocycles. The zero-order valence-electron chi connectivity index (χ0n) is 17.2. The van der Waals surface area contributed by atoms with Gasteiger partial charge < -0.3 is 10.1 Å². The van der Waals surface area contributed by atoms with Crippen LogP contribution in [-0.2, 0) is 25.5 Å². The second-order valence-electron chi connectivity index (χ2n) is 7.52. The number of nitrogens with one attached hydrogen (secondary N) is 1. The van der Waals surface area contributed by atoms with E-state index in [1.54, 1.807) is 36.4 Å². The van der Waals surface area contributed by atoms with Crippen molar-refractivity contribution in [3.05, 3.63) is 65.2 Å². The molecule has 0 bridgehead atoms. The highest BCUT2D eigenvalue weighted by Crippen LogP contribution is 2.20. The smallest absolute Gasteiger partial charge is 0.326 e. The average Bonchev–Trinajstić information content (AvgIpc) is 2.71. The number of imide groups is 1. The molecule has 7 nitrogen and oxygen atoms in total. The fourth-order valence-corrected chi connectivity index (χ4v) is 3.17. The summed E-state index contributed by atoms with van der Waals surface area (Å²) in [6.45, 7) is 5.05. The summed E-state index contributed by atoms with van der Waals surface area (Å²) in [5, 5.41) is 2.68. The Kier molecular flexibility index (Phi) is 6.30. The zero-order chi connectivity index (χ0) is 21.8. The highest BCUT2D eigenvalue weighted by atomic mass is 16.5. The molecule has 0 unspecified atom stereocenters. The van der Waals surface area contributed by atoms with Crippen LogP contribution in [0.15, 0.2) is 48.5 Å². The Morgan fingerprint density at radius 1 is 1.03 bits per heavy atom. The maximum Gasteiger partial charge on any atom is 0.326 e. The summed E-state index contributed by atoms with van der Waals surface area (Å²) in [7, 11) is 0. The maximum absolute atomic E-state index is 12.5. The Balaban J connectivity index is 1.57. The SMILES string of the molecule is CC(C)c1ccc(NC(=O)[C@@H](C)OC(=O)CN2C(=O)Cc3ccccc3C2=O)cc1. The summed E-state index contributed by atoms with van der Waals surface area (Å²) in [6, 6.07) is 14.2. The molecule has 0 aromatic heterocycles. The van der Waals surface area contributed by atoms with Crippen molar-refractivity contribution in [2.24, 2.45) is 0 Å². The van der Waals surface area contributed by atoms with Gasteiger partial charge in [0.25, 0.3) is 11.8 Å². The first kappa shape index (κ1) is 21.2. The minimum Gasteiger partial charge on any atom is -0.451 e. The predicted molar refractivity (Wildman–Crippen MR) is 111 cm³/mol. The first-order valence-electron chi connectivity index (χ1n) is 9.79. The Labute approximate surface area is 175 Å². The number of ether oxygens (including phenoxy) is 1. The number of carbonyl (C=O) groups is 4. The van der Waals surface area contributed by atoms with Gasteiger partial charge in [0.2, 0.25) is 5.91 Å². The normalized spacial score (nSPS) is 14.3. The number of benzene rings is 2. The fourth-order valence-electron chi connectivity index (χ4n) is 3.17. The fraction of sp³-hybridized carbons (Fsp3) is 0.304. The van der Waals surface area contributed by atoms with Gasteiger partial charge in [-0.25, -0.2) is 0 Å². The Morgan fingerprint density at radius 3 is 2.37 bits per heavy atom. The van der Waals surface area contributed by atoms with Gasteiger partial charge in [-0.3, -0.25) is 24.1 Å². The molecule has 2 aromatic carbocycles. The topological polar surface area (TPSA) is 92.8 Å². The first-order chi connectivity index (χ1) is 14.3. The van der Waals surface area contributed by atoms with Crippen LogP contribution in [-0.4, -0.2) is 41.2 Å². The minimum atomic E-state index is -1.08. The van der Waals surface area contributed by atoms with Gasteiger partial charge in [0, 0.05) is 11.3 Å². The molecule has 0 fully saturated rings. The summed E-state index contributed by atoms with van der Waals surface area (Å²) >= 11 is 0. The van der Waals surface area contributed by atoms with E-state index in [4.69, 9.17) is 4.74 Å². The van der Waals surface area contributed by atoms with Gasteiger partial charge in [-0.05, 0) is 42.2 Å². The molecule has 0 spiro atoms. The van der Waals surface area contributed by atoms with E-state index in [1.165, 1.54) is 6.92 Å². The highest BCUT2D eigenvalue weighted by molar-refractivity contribution is 6.11. The Hall–Kier alpha value is -3.48. The van der Waals surface area contributed by atoms with Crippen molar-refractivity contribution in [2.75, 3.05) is 11.9 Å². The first-order valence-corrected chi connectivity index (χ1v) is 9.79. The van der Waals surface area contributed by atoms with E-state index in [9.17, 15) is 19.2 Å². The molecule has 0 saturated carbocycles. The third-order valence-corrected chi connectivity index (χ3v) is 4.95. The summed E-state index contributed by atoms with van der Waals surface area (Å²) in [5.74, 6) is -1.96. The maximum atomic E-state index is 12.5. The molecule has 2 aromatic rings. The van der Waals surface area contributed by atoms with Crippen molar-refractivity contribution in [3.63, 3.8) is 0 Å². The molecule has 3 amide bonds. The standard InChI is InChI=1S/C23H24N2O5/c1-14(2)16-8-10-18(11-9-16)24-22(28)15(3)30-21(27)13-25-20(26)12-17-6-4-5-7-19(17)23(25)29/h4-11,14-15H,12-13H2,1-3H3,(H,24,28)/t15-/m1/s1. The van der Waals surface area contributed by atoms with Gasteiger partial charge in [0.1, 0.15) is 6.54 Å². The van der Waals surface area contributed by atoms with Crippen molar-refractivity contribution in [1.82, 2.24) is 4.90 Å². The van der Waals surface area contributed by atoms with E-state index in [-0.39, 0.29) is 6.42 Å². The molecule has 0 aliphatic carbocycles. The molecule has 1 N–H and O–H groups in total. The largest absolute Gasteiger partial charge is 0.451 e. The number of fused-ring (bicyclic) bond motifs is 1. The van der Waals surface area contributed by atoms with Gasteiger partial charge in [-0.15, -0.1) is 0 Å². The van der Waals surface area contributed by atoms with E-state index in [0.717, 1.165) is 10.5 Å². The van der Waals surface area contributed by atoms with Crippen LogP contribution in [0.2, 0.25) is 0 Å².